The monoisotopic (exact) mass is 248 g/mol. The second-order valence-electron chi connectivity index (χ2n) is 3.69. The molecule has 0 aromatic heterocycles. The number of carbonyl (C=O) groups excluding carboxylic acids is 1. The van der Waals surface area contributed by atoms with Gasteiger partial charge in [0.05, 0.1) is 12.7 Å². The predicted molar refractivity (Wildman–Crippen MR) is 62.8 cm³/mol. The number of ether oxygens (including phenoxy) is 1. The van der Waals surface area contributed by atoms with Crippen LogP contribution in [0.4, 0.5) is 8.78 Å². The average molecular weight is 248 g/mol. The fourth-order valence-corrected chi connectivity index (χ4v) is 1.59. The summed E-state index contributed by atoms with van der Waals surface area (Å²) in [5.41, 5.74) is 0.000432. The van der Waals surface area contributed by atoms with Crippen molar-refractivity contribution in [3.05, 3.63) is 65.2 Å². The number of hydrogen-bond donors (Lipinski definition) is 0. The van der Waals surface area contributed by atoms with Crippen LogP contribution in [0.15, 0.2) is 42.5 Å². The van der Waals surface area contributed by atoms with Crippen LogP contribution in [0.1, 0.15) is 15.9 Å². The maximum atomic E-state index is 13.7. The molecule has 18 heavy (non-hydrogen) atoms. The Morgan fingerprint density at radius 3 is 2.50 bits per heavy atom. The van der Waals surface area contributed by atoms with E-state index in [0.717, 1.165) is 12.1 Å². The van der Waals surface area contributed by atoms with Gasteiger partial charge >= 0.3 is 0 Å². The van der Waals surface area contributed by atoms with Gasteiger partial charge in [-0.15, -0.1) is 0 Å². The average Bonchev–Trinajstić information content (AvgIpc) is 2.37. The number of benzene rings is 2. The van der Waals surface area contributed by atoms with Gasteiger partial charge in [0, 0.05) is 11.6 Å². The highest BCUT2D eigenvalue weighted by molar-refractivity contribution is 6.09. The molecule has 0 aliphatic carbocycles. The van der Waals surface area contributed by atoms with E-state index in [1.165, 1.54) is 37.4 Å². The van der Waals surface area contributed by atoms with Crippen molar-refractivity contribution in [2.24, 2.45) is 0 Å². The third kappa shape index (κ3) is 2.37. The molecule has 2 aromatic carbocycles. The lowest BCUT2D eigenvalue weighted by Crippen LogP contribution is -2.04. The molecule has 92 valence electrons. The summed E-state index contributed by atoms with van der Waals surface area (Å²) in [6.07, 6.45) is 0. The quantitative estimate of drug-likeness (QED) is 0.780. The standard InChI is InChI=1S/C14H10F2O2/c1-18-11-5-6-12(13(16)8-11)14(17)9-3-2-4-10(15)7-9/h2-8H,1H3. The minimum atomic E-state index is -0.691. The summed E-state index contributed by atoms with van der Waals surface area (Å²) >= 11 is 0. The van der Waals surface area contributed by atoms with E-state index < -0.39 is 17.4 Å². The Balaban J connectivity index is 2.40. The van der Waals surface area contributed by atoms with Crippen molar-refractivity contribution < 1.29 is 18.3 Å². The predicted octanol–water partition coefficient (Wildman–Crippen LogP) is 3.20. The van der Waals surface area contributed by atoms with Crippen molar-refractivity contribution in [2.45, 2.75) is 0 Å². The molecule has 0 amide bonds. The first-order valence-electron chi connectivity index (χ1n) is 5.25. The van der Waals surface area contributed by atoms with Crippen LogP contribution >= 0.6 is 0 Å². The molecule has 0 saturated carbocycles. The van der Waals surface area contributed by atoms with Crippen molar-refractivity contribution in [1.82, 2.24) is 0 Å². The maximum Gasteiger partial charge on any atom is 0.196 e. The lowest BCUT2D eigenvalue weighted by molar-refractivity contribution is 0.103. The molecule has 0 N–H and O–H groups in total. The third-order valence-corrected chi connectivity index (χ3v) is 2.51. The van der Waals surface area contributed by atoms with Gasteiger partial charge in [0.2, 0.25) is 0 Å². The van der Waals surface area contributed by atoms with Gasteiger partial charge in [-0.25, -0.2) is 8.78 Å². The van der Waals surface area contributed by atoms with Crippen LogP contribution in [0, 0.1) is 11.6 Å². The first-order chi connectivity index (χ1) is 8.61. The van der Waals surface area contributed by atoms with Crippen LogP contribution in [0.3, 0.4) is 0 Å². The van der Waals surface area contributed by atoms with E-state index in [-0.39, 0.29) is 11.1 Å². The number of ketones is 1. The lowest BCUT2D eigenvalue weighted by atomic mass is 10.0. The molecule has 0 saturated heterocycles. The first kappa shape index (κ1) is 12.2. The molecule has 4 heteroatoms. The Kier molecular flexibility index (Phi) is 3.37. The topological polar surface area (TPSA) is 26.3 Å². The summed E-state index contributed by atoms with van der Waals surface area (Å²) in [7, 11) is 1.41. The smallest absolute Gasteiger partial charge is 0.196 e. The van der Waals surface area contributed by atoms with Crippen LogP contribution in [-0.2, 0) is 0 Å². The molecule has 2 aromatic rings. The summed E-state index contributed by atoms with van der Waals surface area (Å²) in [5.74, 6) is -1.46. The molecular formula is C14H10F2O2. The van der Waals surface area contributed by atoms with Crippen molar-refractivity contribution in [3.8, 4) is 5.75 Å². The number of methoxy groups -OCH3 is 1. The number of halogens is 2. The van der Waals surface area contributed by atoms with Crippen molar-refractivity contribution in [2.75, 3.05) is 7.11 Å². The Morgan fingerprint density at radius 1 is 1.11 bits per heavy atom. The van der Waals surface area contributed by atoms with E-state index in [0.29, 0.717) is 5.75 Å². The molecule has 0 aliphatic rings. The largest absolute Gasteiger partial charge is 0.497 e. The van der Waals surface area contributed by atoms with Crippen LogP contribution < -0.4 is 4.74 Å². The van der Waals surface area contributed by atoms with E-state index >= 15 is 0 Å². The Bertz CT molecular complexity index is 594. The SMILES string of the molecule is COc1ccc(C(=O)c2cccc(F)c2)c(F)c1. The molecule has 0 spiro atoms. The summed E-state index contributed by atoms with van der Waals surface area (Å²) in [4.78, 5) is 12.0. The fourth-order valence-electron chi connectivity index (χ4n) is 1.59. The number of rotatable bonds is 3. The maximum absolute atomic E-state index is 13.7. The summed E-state index contributed by atoms with van der Waals surface area (Å²) in [6, 6.07) is 9.07. The minimum absolute atomic E-state index is 0.110. The van der Waals surface area contributed by atoms with E-state index in [1.54, 1.807) is 0 Å². The van der Waals surface area contributed by atoms with Crippen LogP contribution in [0.25, 0.3) is 0 Å². The molecule has 0 atom stereocenters. The second kappa shape index (κ2) is 4.96. The van der Waals surface area contributed by atoms with Gasteiger partial charge in [-0.05, 0) is 24.3 Å². The summed E-state index contributed by atoms with van der Waals surface area (Å²) < 4.78 is 31.5. The minimum Gasteiger partial charge on any atom is -0.497 e. The molecule has 0 aliphatic heterocycles. The van der Waals surface area contributed by atoms with Crippen LogP contribution in [0.5, 0.6) is 5.75 Å². The van der Waals surface area contributed by atoms with Gasteiger partial charge in [0.1, 0.15) is 17.4 Å². The highest BCUT2D eigenvalue weighted by Crippen LogP contribution is 2.19. The molecule has 0 radical (unpaired) electrons. The third-order valence-electron chi connectivity index (χ3n) is 2.51. The Hall–Kier alpha value is -2.23. The van der Waals surface area contributed by atoms with Crippen LogP contribution in [0.2, 0.25) is 0 Å². The second-order valence-corrected chi connectivity index (χ2v) is 3.69. The van der Waals surface area contributed by atoms with Gasteiger partial charge in [0.15, 0.2) is 5.78 Å². The van der Waals surface area contributed by atoms with Crippen molar-refractivity contribution in [3.63, 3.8) is 0 Å². The van der Waals surface area contributed by atoms with Gasteiger partial charge in [-0.3, -0.25) is 4.79 Å². The van der Waals surface area contributed by atoms with E-state index in [4.69, 9.17) is 4.74 Å². The molecule has 2 nitrogen and oxygen atoms in total. The Morgan fingerprint density at radius 2 is 1.89 bits per heavy atom. The molecule has 2 rings (SSSR count). The van der Waals surface area contributed by atoms with Crippen LogP contribution in [-0.4, -0.2) is 12.9 Å². The highest BCUT2D eigenvalue weighted by atomic mass is 19.1. The molecule has 0 unspecified atom stereocenters. The molecular weight excluding hydrogens is 238 g/mol. The normalized spacial score (nSPS) is 10.2. The zero-order valence-corrected chi connectivity index (χ0v) is 9.61. The Labute approximate surface area is 103 Å². The van der Waals surface area contributed by atoms with Crippen molar-refractivity contribution in [1.29, 1.82) is 0 Å². The van der Waals surface area contributed by atoms with E-state index in [9.17, 15) is 13.6 Å². The van der Waals surface area contributed by atoms with Gasteiger partial charge in [-0.1, -0.05) is 12.1 Å². The summed E-state index contributed by atoms with van der Waals surface area (Å²) in [5, 5.41) is 0. The summed E-state index contributed by atoms with van der Waals surface area (Å²) in [6.45, 7) is 0. The van der Waals surface area contributed by atoms with E-state index in [1.807, 2.05) is 0 Å². The molecule has 0 bridgehead atoms. The molecule has 0 fully saturated rings. The van der Waals surface area contributed by atoms with Gasteiger partial charge in [-0.2, -0.15) is 0 Å². The lowest BCUT2D eigenvalue weighted by Gasteiger charge is -2.05. The number of hydrogen-bond acceptors (Lipinski definition) is 2. The fraction of sp³-hybridized carbons (Fsp3) is 0.0714. The van der Waals surface area contributed by atoms with E-state index in [2.05, 4.69) is 0 Å². The van der Waals surface area contributed by atoms with Gasteiger partial charge < -0.3 is 4.74 Å². The first-order valence-corrected chi connectivity index (χ1v) is 5.25. The zero-order chi connectivity index (χ0) is 13.1. The highest BCUT2D eigenvalue weighted by Gasteiger charge is 2.15. The molecule has 0 heterocycles. The van der Waals surface area contributed by atoms with Gasteiger partial charge in [0.25, 0.3) is 0 Å². The zero-order valence-electron chi connectivity index (χ0n) is 9.61. The number of carbonyl (C=O) groups is 1. The van der Waals surface area contributed by atoms with Crippen molar-refractivity contribution >= 4 is 5.78 Å².